The Balaban J connectivity index is 1.35. The number of para-hydroxylation sites is 1. The first-order valence-electron chi connectivity index (χ1n) is 9.79. The minimum atomic E-state index is 0.349. The van der Waals surface area contributed by atoms with Crippen LogP contribution in [0.3, 0.4) is 0 Å². The fourth-order valence-corrected chi connectivity index (χ4v) is 4.51. The Morgan fingerprint density at radius 2 is 1.85 bits per heavy atom. The van der Waals surface area contributed by atoms with E-state index in [-0.39, 0.29) is 0 Å². The van der Waals surface area contributed by atoms with E-state index in [4.69, 9.17) is 13.9 Å². The summed E-state index contributed by atoms with van der Waals surface area (Å²) < 4.78 is 17.4. The number of methoxy groups -OCH3 is 1. The molecule has 1 aromatic carbocycles. The summed E-state index contributed by atoms with van der Waals surface area (Å²) in [6, 6.07) is 8.88. The Morgan fingerprint density at radius 3 is 2.54 bits per heavy atom. The van der Waals surface area contributed by atoms with Crippen molar-refractivity contribution in [1.82, 2.24) is 9.80 Å². The Kier molecular flexibility index (Phi) is 5.20. The van der Waals surface area contributed by atoms with Gasteiger partial charge < -0.3 is 13.9 Å². The molecule has 1 aromatic heterocycles. The van der Waals surface area contributed by atoms with Gasteiger partial charge >= 0.3 is 0 Å². The monoisotopic (exact) mass is 358 g/mol. The van der Waals surface area contributed by atoms with Crippen LogP contribution < -0.4 is 4.74 Å². The molecule has 2 saturated heterocycles. The second-order valence-electron chi connectivity index (χ2n) is 7.81. The van der Waals surface area contributed by atoms with Crippen LogP contribution >= 0.6 is 0 Å². The van der Waals surface area contributed by atoms with Crippen LogP contribution in [0.25, 0.3) is 11.0 Å². The molecule has 0 amide bonds. The fraction of sp³-hybridized carbons (Fsp3) is 0.619. The number of likely N-dealkylation sites (tertiary alicyclic amines) is 1. The van der Waals surface area contributed by atoms with Crippen LogP contribution in [0.1, 0.15) is 32.4 Å². The number of rotatable bonds is 4. The molecule has 0 radical (unpaired) electrons. The first kappa shape index (κ1) is 17.8. The summed E-state index contributed by atoms with van der Waals surface area (Å²) in [5, 5.41) is 1.12. The number of ether oxygens (including phenoxy) is 2. The Morgan fingerprint density at radius 1 is 1.12 bits per heavy atom. The third kappa shape index (κ3) is 3.75. The molecule has 2 aromatic rings. The van der Waals surface area contributed by atoms with Crippen LogP contribution in [0.5, 0.6) is 5.75 Å². The van der Waals surface area contributed by atoms with Crippen molar-refractivity contribution in [3.63, 3.8) is 0 Å². The molecule has 0 spiro atoms. The second-order valence-corrected chi connectivity index (χ2v) is 7.81. The van der Waals surface area contributed by atoms with Gasteiger partial charge in [0.1, 0.15) is 5.76 Å². The van der Waals surface area contributed by atoms with Gasteiger partial charge in [-0.1, -0.05) is 12.1 Å². The molecule has 5 heteroatoms. The standard InChI is InChI=1S/C21H30N2O3/c1-15-12-23(13-16(2)25-15)18-7-9-22(10-8-18)14-19-11-17-5-4-6-20(24-3)21(17)26-19/h4-6,11,15-16,18H,7-10,12-14H2,1-3H3. The average molecular weight is 358 g/mol. The molecular weight excluding hydrogens is 328 g/mol. The Hall–Kier alpha value is -1.56. The highest BCUT2D eigenvalue weighted by Crippen LogP contribution is 2.30. The number of nitrogens with zero attached hydrogens (tertiary/aromatic N) is 2. The first-order chi connectivity index (χ1) is 12.6. The highest BCUT2D eigenvalue weighted by Gasteiger charge is 2.30. The number of hydrogen-bond acceptors (Lipinski definition) is 5. The van der Waals surface area contributed by atoms with Gasteiger partial charge in [-0.05, 0) is 38.8 Å². The summed E-state index contributed by atoms with van der Waals surface area (Å²) in [7, 11) is 1.69. The van der Waals surface area contributed by atoms with Crippen molar-refractivity contribution in [2.75, 3.05) is 33.3 Å². The van der Waals surface area contributed by atoms with Crippen LogP contribution in [0.15, 0.2) is 28.7 Å². The van der Waals surface area contributed by atoms with E-state index in [9.17, 15) is 0 Å². The van der Waals surface area contributed by atoms with Crippen molar-refractivity contribution in [3.8, 4) is 5.75 Å². The molecular formula is C21H30N2O3. The summed E-state index contributed by atoms with van der Waals surface area (Å²) in [5.41, 5.74) is 0.858. The molecule has 5 nitrogen and oxygen atoms in total. The Bertz CT molecular complexity index is 726. The van der Waals surface area contributed by atoms with Gasteiger partial charge in [0.15, 0.2) is 11.3 Å². The number of furan rings is 1. The predicted molar refractivity (Wildman–Crippen MR) is 103 cm³/mol. The van der Waals surface area contributed by atoms with Crippen molar-refractivity contribution in [2.45, 2.75) is 51.5 Å². The van der Waals surface area contributed by atoms with E-state index >= 15 is 0 Å². The van der Waals surface area contributed by atoms with E-state index in [2.05, 4.69) is 35.8 Å². The predicted octanol–water partition coefficient (Wildman–Crippen LogP) is 3.52. The van der Waals surface area contributed by atoms with Crippen LogP contribution in [-0.2, 0) is 11.3 Å². The molecule has 3 heterocycles. The van der Waals surface area contributed by atoms with E-state index < -0.39 is 0 Å². The largest absolute Gasteiger partial charge is 0.493 e. The maximum atomic E-state index is 6.07. The lowest BCUT2D eigenvalue weighted by molar-refractivity contribution is -0.0866. The highest BCUT2D eigenvalue weighted by atomic mass is 16.5. The van der Waals surface area contributed by atoms with Gasteiger partial charge in [0.25, 0.3) is 0 Å². The number of hydrogen-bond donors (Lipinski definition) is 0. The summed E-state index contributed by atoms with van der Waals surface area (Å²) in [5.74, 6) is 1.83. The molecule has 2 aliphatic rings. The van der Waals surface area contributed by atoms with Gasteiger partial charge in [-0.15, -0.1) is 0 Å². The van der Waals surface area contributed by atoms with Crippen molar-refractivity contribution in [2.24, 2.45) is 0 Å². The van der Waals surface area contributed by atoms with E-state index in [0.717, 1.165) is 55.2 Å². The van der Waals surface area contributed by atoms with Gasteiger partial charge in [0.05, 0.1) is 25.9 Å². The smallest absolute Gasteiger partial charge is 0.176 e. The zero-order valence-electron chi connectivity index (χ0n) is 16.1. The van der Waals surface area contributed by atoms with Crippen molar-refractivity contribution >= 4 is 11.0 Å². The molecule has 2 aliphatic heterocycles. The maximum absolute atomic E-state index is 6.07. The molecule has 0 bridgehead atoms. The van der Waals surface area contributed by atoms with Gasteiger partial charge in [-0.2, -0.15) is 0 Å². The first-order valence-corrected chi connectivity index (χ1v) is 9.79. The highest BCUT2D eigenvalue weighted by molar-refractivity contribution is 5.83. The van der Waals surface area contributed by atoms with E-state index in [1.165, 1.54) is 12.8 Å². The third-order valence-corrected chi connectivity index (χ3v) is 5.68. The SMILES string of the molecule is COc1cccc2cc(CN3CCC(N4CC(C)OC(C)C4)CC3)oc12. The third-order valence-electron chi connectivity index (χ3n) is 5.68. The van der Waals surface area contributed by atoms with Crippen LogP contribution in [-0.4, -0.2) is 61.3 Å². The second kappa shape index (κ2) is 7.59. The summed E-state index contributed by atoms with van der Waals surface area (Å²) in [6.07, 6.45) is 3.15. The molecule has 0 aliphatic carbocycles. The van der Waals surface area contributed by atoms with Crippen LogP contribution in [0, 0.1) is 0 Å². The molecule has 142 valence electrons. The molecule has 26 heavy (non-hydrogen) atoms. The summed E-state index contributed by atoms with van der Waals surface area (Å²) in [4.78, 5) is 5.15. The Labute approximate surface area is 155 Å². The number of piperidine rings is 1. The molecule has 4 rings (SSSR count). The lowest BCUT2D eigenvalue weighted by Gasteiger charge is -2.43. The van der Waals surface area contributed by atoms with Gasteiger partial charge in [0, 0.05) is 37.6 Å². The summed E-state index contributed by atoms with van der Waals surface area (Å²) in [6.45, 7) is 9.64. The van der Waals surface area contributed by atoms with Gasteiger partial charge in [0.2, 0.25) is 0 Å². The van der Waals surface area contributed by atoms with E-state index in [0.29, 0.717) is 18.2 Å². The zero-order chi connectivity index (χ0) is 18.1. The number of fused-ring (bicyclic) bond motifs is 1. The van der Waals surface area contributed by atoms with Crippen LogP contribution in [0.4, 0.5) is 0 Å². The lowest BCUT2D eigenvalue weighted by Crippen LogP contribution is -2.53. The molecule has 2 fully saturated rings. The fourth-order valence-electron chi connectivity index (χ4n) is 4.51. The topological polar surface area (TPSA) is 38.1 Å². The lowest BCUT2D eigenvalue weighted by atomic mass is 10.0. The van der Waals surface area contributed by atoms with Crippen LogP contribution in [0.2, 0.25) is 0 Å². The van der Waals surface area contributed by atoms with E-state index in [1.807, 2.05) is 12.1 Å². The number of benzene rings is 1. The molecule has 0 N–H and O–H groups in total. The minimum absolute atomic E-state index is 0.349. The number of morpholine rings is 1. The molecule has 2 atom stereocenters. The zero-order valence-corrected chi connectivity index (χ0v) is 16.1. The normalized spacial score (nSPS) is 26.4. The van der Waals surface area contributed by atoms with Gasteiger partial charge in [-0.3, -0.25) is 9.80 Å². The van der Waals surface area contributed by atoms with Crippen molar-refractivity contribution in [1.29, 1.82) is 0 Å². The van der Waals surface area contributed by atoms with Crippen molar-refractivity contribution < 1.29 is 13.9 Å². The molecule has 2 unspecified atom stereocenters. The van der Waals surface area contributed by atoms with E-state index in [1.54, 1.807) is 7.11 Å². The van der Waals surface area contributed by atoms with Gasteiger partial charge in [-0.25, -0.2) is 0 Å². The quantitative estimate of drug-likeness (QED) is 0.836. The average Bonchev–Trinajstić information content (AvgIpc) is 3.04. The minimum Gasteiger partial charge on any atom is -0.493 e. The summed E-state index contributed by atoms with van der Waals surface area (Å²) >= 11 is 0. The van der Waals surface area contributed by atoms with Crippen molar-refractivity contribution in [3.05, 3.63) is 30.0 Å². The maximum Gasteiger partial charge on any atom is 0.176 e. The molecule has 0 saturated carbocycles.